The number of hydrogen-bond acceptors (Lipinski definition) is 3. The lowest BCUT2D eigenvalue weighted by Gasteiger charge is -2.24. The van der Waals surface area contributed by atoms with Gasteiger partial charge in [-0.25, -0.2) is 0 Å². The van der Waals surface area contributed by atoms with Gasteiger partial charge in [-0.15, -0.1) is 23.5 Å². The summed E-state index contributed by atoms with van der Waals surface area (Å²) < 4.78 is 0. The summed E-state index contributed by atoms with van der Waals surface area (Å²) in [5, 5.41) is 3.64. The van der Waals surface area contributed by atoms with E-state index in [1.807, 2.05) is 23.5 Å². The molecule has 3 heteroatoms. The summed E-state index contributed by atoms with van der Waals surface area (Å²) in [5.41, 5.74) is 1.52. The van der Waals surface area contributed by atoms with Gasteiger partial charge in [-0.2, -0.15) is 0 Å². The molecule has 0 aliphatic carbocycles. The van der Waals surface area contributed by atoms with Crippen molar-refractivity contribution in [2.75, 3.05) is 19.1 Å². The van der Waals surface area contributed by atoms with Gasteiger partial charge < -0.3 is 5.32 Å². The molecule has 0 aromatic heterocycles. The lowest BCUT2D eigenvalue weighted by molar-refractivity contribution is 0.398. The van der Waals surface area contributed by atoms with Gasteiger partial charge in [0.2, 0.25) is 0 Å². The Balaban J connectivity index is 2.13. The fraction of sp³-hybridized carbons (Fsp3) is 0.571. The fourth-order valence-electron chi connectivity index (χ4n) is 2.48. The second-order valence-corrected chi connectivity index (χ2v) is 6.17. The number of piperidine rings is 1. The topological polar surface area (TPSA) is 12.0 Å². The van der Waals surface area contributed by atoms with Gasteiger partial charge in [-0.1, -0.05) is 18.6 Å². The summed E-state index contributed by atoms with van der Waals surface area (Å²) in [6.07, 6.45) is 9.59. The monoisotopic (exact) mass is 267 g/mol. The highest BCUT2D eigenvalue weighted by Gasteiger charge is 2.15. The molecule has 1 atom stereocenters. The Kier molecular flexibility index (Phi) is 5.26. The molecule has 1 fully saturated rings. The highest BCUT2D eigenvalue weighted by Crippen LogP contribution is 2.32. The van der Waals surface area contributed by atoms with E-state index in [1.54, 1.807) is 0 Å². The molecule has 1 aromatic carbocycles. The molecule has 17 heavy (non-hydrogen) atoms. The van der Waals surface area contributed by atoms with Crippen LogP contribution in [0.5, 0.6) is 0 Å². The van der Waals surface area contributed by atoms with Crippen LogP contribution < -0.4 is 5.32 Å². The molecule has 0 bridgehead atoms. The van der Waals surface area contributed by atoms with Crippen LogP contribution in [0.3, 0.4) is 0 Å². The van der Waals surface area contributed by atoms with Gasteiger partial charge in [0.15, 0.2) is 0 Å². The number of thioether (sulfide) groups is 2. The highest BCUT2D eigenvalue weighted by molar-refractivity contribution is 8.01. The predicted molar refractivity (Wildman–Crippen MR) is 79.3 cm³/mol. The molecular formula is C14H21NS2. The lowest BCUT2D eigenvalue weighted by Crippen LogP contribution is -2.35. The molecule has 1 aliphatic heterocycles. The first-order valence-corrected chi connectivity index (χ1v) is 8.73. The molecular weight excluding hydrogens is 246 g/mol. The van der Waals surface area contributed by atoms with Crippen LogP contribution in [0, 0.1) is 0 Å². The molecule has 0 saturated carbocycles. The van der Waals surface area contributed by atoms with Crippen molar-refractivity contribution in [3.8, 4) is 0 Å². The van der Waals surface area contributed by atoms with Crippen LogP contribution in [0.2, 0.25) is 0 Å². The van der Waals surface area contributed by atoms with Crippen molar-refractivity contribution >= 4 is 23.5 Å². The molecule has 1 nitrogen and oxygen atoms in total. The summed E-state index contributed by atoms with van der Waals surface area (Å²) in [6, 6.07) is 7.41. The van der Waals surface area contributed by atoms with Gasteiger partial charge in [-0.05, 0) is 49.9 Å². The van der Waals surface area contributed by atoms with Gasteiger partial charge in [0.1, 0.15) is 0 Å². The predicted octanol–water partition coefficient (Wildman–Crippen LogP) is 3.82. The summed E-state index contributed by atoms with van der Waals surface area (Å²) in [5.74, 6) is 0. The van der Waals surface area contributed by atoms with Crippen molar-refractivity contribution in [3.05, 3.63) is 23.8 Å². The Morgan fingerprint density at radius 2 is 2.12 bits per heavy atom. The Hall–Kier alpha value is -0.120. The normalized spacial score (nSPS) is 20.5. The second-order valence-electron chi connectivity index (χ2n) is 4.50. The van der Waals surface area contributed by atoms with Crippen LogP contribution in [0.1, 0.15) is 24.8 Å². The maximum Gasteiger partial charge on any atom is 0.0238 e. The van der Waals surface area contributed by atoms with Crippen LogP contribution >= 0.6 is 23.5 Å². The van der Waals surface area contributed by atoms with E-state index in [0.717, 1.165) is 0 Å². The van der Waals surface area contributed by atoms with Gasteiger partial charge in [0, 0.05) is 15.8 Å². The number of hydrogen-bond donors (Lipinski definition) is 1. The van der Waals surface area contributed by atoms with E-state index < -0.39 is 0 Å². The third kappa shape index (κ3) is 3.43. The Labute approximate surface area is 113 Å². The molecule has 0 radical (unpaired) electrons. The van der Waals surface area contributed by atoms with Gasteiger partial charge in [0.05, 0.1) is 0 Å². The Morgan fingerprint density at radius 1 is 1.24 bits per heavy atom. The molecule has 1 N–H and O–H groups in total. The minimum Gasteiger partial charge on any atom is -0.314 e. The quantitative estimate of drug-likeness (QED) is 0.833. The summed E-state index contributed by atoms with van der Waals surface area (Å²) in [7, 11) is 0. The van der Waals surface area contributed by atoms with E-state index in [9.17, 15) is 0 Å². The minimum absolute atomic E-state index is 0.687. The van der Waals surface area contributed by atoms with Crippen molar-refractivity contribution in [3.63, 3.8) is 0 Å². The van der Waals surface area contributed by atoms with Crippen LogP contribution in [0.25, 0.3) is 0 Å². The molecule has 1 aliphatic rings. The SMILES string of the molecule is CSc1cccc(CC2CCCCN2)c1SC. The highest BCUT2D eigenvalue weighted by atomic mass is 32.2. The molecule has 1 saturated heterocycles. The number of rotatable bonds is 4. The van der Waals surface area contributed by atoms with Crippen molar-refractivity contribution in [1.29, 1.82) is 0 Å². The third-order valence-corrected chi connectivity index (χ3v) is 5.16. The third-order valence-electron chi connectivity index (χ3n) is 3.36. The molecule has 1 aromatic rings. The van der Waals surface area contributed by atoms with E-state index >= 15 is 0 Å². The molecule has 0 spiro atoms. The van der Waals surface area contributed by atoms with Gasteiger partial charge >= 0.3 is 0 Å². The van der Waals surface area contributed by atoms with Crippen molar-refractivity contribution in [1.82, 2.24) is 5.32 Å². The molecule has 0 amide bonds. The van der Waals surface area contributed by atoms with E-state index in [2.05, 4.69) is 36.0 Å². The van der Waals surface area contributed by atoms with Crippen LogP contribution in [-0.2, 0) is 6.42 Å². The maximum absolute atomic E-state index is 3.64. The van der Waals surface area contributed by atoms with Crippen molar-refractivity contribution < 1.29 is 0 Å². The van der Waals surface area contributed by atoms with Gasteiger partial charge in [0.25, 0.3) is 0 Å². The van der Waals surface area contributed by atoms with E-state index in [1.165, 1.54) is 47.6 Å². The number of nitrogens with one attached hydrogen (secondary N) is 1. The largest absolute Gasteiger partial charge is 0.314 e. The van der Waals surface area contributed by atoms with Crippen LogP contribution in [-0.4, -0.2) is 25.1 Å². The smallest absolute Gasteiger partial charge is 0.0238 e. The first-order valence-electron chi connectivity index (χ1n) is 6.28. The van der Waals surface area contributed by atoms with Crippen molar-refractivity contribution in [2.24, 2.45) is 0 Å². The second kappa shape index (κ2) is 6.72. The standard InChI is InChI=1S/C14H21NS2/c1-16-13-8-5-6-11(14(13)17-2)10-12-7-3-4-9-15-12/h5-6,8,12,15H,3-4,7,9-10H2,1-2H3. The zero-order valence-corrected chi connectivity index (χ0v) is 12.3. The Bertz CT molecular complexity index is 359. The average Bonchev–Trinajstić information content (AvgIpc) is 2.39. The molecule has 94 valence electrons. The first-order chi connectivity index (χ1) is 8.35. The van der Waals surface area contributed by atoms with Crippen molar-refractivity contribution in [2.45, 2.75) is 41.5 Å². The molecule has 1 heterocycles. The molecule has 2 rings (SSSR count). The van der Waals surface area contributed by atoms with E-state index in [-0.39, 0.29) is 0 Å². The Morgan fingerprint density at radius 3 is 2.76 bits per heavy atom. The number of benzene rings is 1. The summed E-state index contributed by atoms with van der Waals surface area (Å²) in [4.78, 5) is 2.90. The summed E-state index contributed by atoms with van der Waals surface area (Å²) in [6.45, 7) is 1.20. The van der Waals surface area contributed by atoms with E-state index in [0.29, 0.717) is 6.04 Å². The van der Waals surface area contributed by atoms with E-state index in [4.69, 9.17) is 0 Å². The minimum atomic E-state index is 0.687. The summed E-state index contributed by atoms with van der Waals surface area (Å²) >= 11 is 3.74. The lowest BCUT2D eigenvalue weighted by atomic mass is 9.98. The zero-order valence-electron chi connectivity index (χ0n) is 10.7. The fourth-order valence-corrected chi connectivity index (χ4v) is 4.19. The van der Waals surface area contributed by atoms with Gasteiger partial charge in [-0.3, -0.25) is 0 Å². The zero-order chi connectivity index (χ0) is 12.1. The average molecular weight is 267 g/mol. The molecule has 1 unspecified atom stereocenters. The van der Waals surface area contributed by atoms with Crippen LogP contribution in [0.15, 0.2) is 28.0 Å². The van der Waals surface area contributed by atoms with Crippen LogP contribution in [0.4, 0.5) is 0 Å². The first kappa shape index (κ1) is 13.3. The maximum atomic E-state index is 3.64.